The average molecular weight is 634 g/mol. The van der Waals surface area contributed by atoms with E-state index in [2.05, 4.69) is 16.8 Å². The van der Waals surface area contributed by atoms with Crippen molar-refractivity contribution < 1.29 is 34.0 Å². The van der Waals surface area contributed by atoms with Crippen LogP contribution in [0.15, 0.2) is 53.1 Å². The van der Waals surface area contributed by atoms with Gasteiger partial charge in [0.2, 0.25) is 0 Å². The molecule has 3 aliphatic rings. The summed E-state index contributed by atoms with van der Waals surface area (Å²) in [6.45, 7) is 6.05. The van der Waals surface area contributed by atoms with E-state index in [4.69, 9.17) is 19.6 Å². The smallest absolute Gasteiger partial charge is 0.352 e. The van der Waals surface area contributed by atoms with Gasteiger partial charge in [0.15, 0.2) is 0 Å². The number of aliphatic hydroxyl groups is 2. The molecule has 0 unspecified atom stereocenters. The number of H-pyrrole nitrogens is 1. The Morgan fingerprint density at radius 2 is 1.89 bits per heavy atom. The Morgan fingerprint density at radius 3 is 2.63 bits per heavy atom. The molecule has 2 aromatic heterocycles. The normalized spacial score (nSPS) is 25.3. The summed E-state index contributed by atoms with van der Waals surface area (Å²) in [6.07, 6.45) is 9.37. The summed E-state index contributed by atoms with van der Waals surface area (Å²) in [5.74, 6) is 1.50. The first-order valence-corrected chi connectivity index (χ1v) is 16.6. The number of likely N-dealkylation sites (tertiary alicyclic amines) is 1. The summed E-state index contributed by atoms with van der Waals surface area (Å²) in [7, 11) is 0. The minimum atomic E-state index is -0.998. The standard InChI is InChI=1S/C22H19NO5.C14H28N2O2/c24-22(25)19-9-17-18(23-19)2-1-3-20(17)27-11-14-12-28-21-8-15(6-7-16(14)21)26-10-13-4-5-13;1-11-10-16(8-4-13(11)17)9-7-14(18)5-2-12(15)3-6-14/h1-3,6-9,12-13,23H,4-5,10-11H2,(H,24,25);11-13,17-18H,2-10,15H2,1H3/t;11-,12?,13-,14?/m.0/s1. The van der Waals surface area contributed by atoms with Crippen LogP contribution in [0.2, 0.25) is 0 Å². The molecule has 1 aliphatic heterocycles. The average Bonchev–Trinajstić information content (AvgIpc) is 3.63. The van der Waals surface area contributed by atoms with Gasteiger partial charge in [-0.05, 0) is 93.5 Å². The molecule has 10 heteroatoms. The van der Waals surface area contributed by atoms with Crippen molar-refractivity contribution >= 4 is 27.8 Å². The number of carboxylic acid groups (broad SMARTS) is 1. The van der Waals surface area contributed by atoms with E-state index in [0.29, 0.717) is 24.2 Å². The molecule has 4 aromatic rings. The molecule has 2 saturated carbocycles. The van der Waals surface area contributed by atoms with Gasteiger partial charge in [-0.3, -0.25) is 0 Å². The molecule has 0 spiro atoms. The van der Waals surface area contributed by atoms with Crippen molar-refractivity contribution in [2.45, 2.75) is 82.6 Å². The minimum Gasteiger partial charge on any atom is -0.493 e. The molecule has 2 atom stereocenters. The number of nitrogens with one attached hydrogen (secondary N) is 1. The third-order valence-electron chi connectivity index (χ3n) is 9.85. The topological polar surface area (TPSA) is 154 Å². The number of aromatic carboxylic acids is 1. The number of benzene rings is 2. The third kappa shape index (κ3) is 8.04. The summed E-state index contributed by atoms with van der Waals surface area (Å²) in [4.78, 5) is 16.4. The summed E-state index contributed by atoms with van der Waals surface area (Å²) in [6, 6.07) is 13.2. The van der Waals surface area contributed by atoms with Crippen molar-refractivity contribution in [3.63, 3.8) is 0 Å². The van der Waals surface area contributed by atoms with E-state index >= 15 is 0 Å². The Labute approximate surface area is 269 Å². The molecular weight excluding hydrogens is 586 g/mol. The van der Waals surface area contributed by atoms with Crippen molar-refractivity contribution in [2.24, 2.45) is 17.6 Å². The molecule has 3 fully saturated rings. The number of piperidine rings is 1. The Balaban J connectivity index is 0.000000179. The second-order valence-corrected chi connectivity index (χ2v) is 13.6. The van der Waals surface area contributed by atoms with Gasteiger partial charge >= 0.3 is 5.97 Å². The van der Waals surface area contributed by atoms with Crippen molar-refractivity contribution in [2.75, 3.05) is 26.2 Å². The van der Waals surface area contributed by atoms with E-state index in [9.17, 15) is 20.1 Å². The number of fused-ring (bicyclic) bond motifs is 2. The second kappa shape index (κ2) is 14.0. The van der Waals surface area contributed by atoms with Crippen molar-refractivity contribution in [3.05, 3.63) is 60.0 Å². The lowest BCUT2D eigenvalue weighted by Crippen LogP contribution is -2.45. The molecule has 248 valence electrons. The van der Waals surface area contributed by atoms with Crippen LogP contribution in [0.1, 0.15) is 74.3 Å². The molecule has 0 radical (unpaired) electrons. The van der Waals surface area contributed by atoms with E-state index in [0.717, 1.165) is 98.0 Å². The molecule has 0 amide bonds. The fourth-order valence-electron chi connectivity index (χ4n) is 6.50. The highest BCUT2D eigenvalue weighted by Crippen LogP contribution is 2.33. The molecule has 2 aromatic carbocycles. The van der Waals surface area contributed by atoms with E-state index in [-0.39, 0.29) is 17.8 Å². The number of ether oxygens (including phenoxy) is 2. The molecular formula is C36H47N3O7. The van der Waals surface area contributed by atoms with Crippen molar-refractivity contribution in [3.8, 4) is 11.5 Å². The zero-order valence-corrected chi connectivity index (χ0v) is 26.6. The Kier molecular flexibility index (Phi) is 9.89. The quantitative estimate of drug-likeness (QED) is 0.148. The summed E-state index contributed by atoms with van der Waals surface area (Å²) in [5, 5.41) is 31.1. The molecule has 3 heterocycles. The van der Waals surface area contributed by atoms with Gasteiger partial charge in [-0.25, -0.2) is 4.79 Å². The van der Waals surface area contributed by atoms with E-state index in [1.807, 2.05) is 36.4 Å². The largest absolute Gasteiger partial charge is 0.493 e. The molecule has 10 nitrogen and oxygen atoms in total. The number of nitrogens with zero attached hydrogens (tertiary/aromatic N) is 1. The van der Waals surface area contributed by atoms with E-state index < -0.39 is 11.6 Å². The number of aromatic nitrogens is 1. The molecule has 2 aliphatic carbocycles. The van der Waals surface area contributed by atoms with Gasteiger partial charge in [0.25, 0.3) is 0 Å². The monoisotopic (exact) mass is 633 g/mol. The number of hydrogen-bond donors (Lipinski definition) is 5. The predicted molar refractivity (Wildman–Crippen MR) is 176 cm³/mol. The van der Waals surface area contributed by atoms with Gasteiger partial charge in [-0.15, -0.1) is 0 Å². The number of carboxylic acids is 1. The van der Waals surface area contributed by atoms with Crippen LogP contribution < -0.4 is 15.2 Å². The van der Waals surface area contributed by atoms with Gasteiger partial charge in [-0.2, -0.15) is 0 Å². The Morgan fingerprint density at radius 1 is 1.09 bits per heavy atom. The van der Waals surface area contributed by atoms with Gasteiger partial charge in [-0.1, -0.05) is 13.0 Å². The number of aliphatic hydroxyl groups excluding tert-OH is 1. The molecule has 46 heavy (non-hydrogen) atoms. The van der Waals surface area contributed by atoms with Crippen LogP contribution in [-0.4, -0.2) is 75.2 Å². The van der Waals surface area contributed by atoms with Crippen LogP contribution in [0.3, 0.4) is 0 Å². The molecule has 1 saturated heterocycles. The maximum atomic E-state index is 11.2. The Bertz CT molecular complexity index is 1620. The number of hydrogen-bond acceptors (Lipinski definition) is 8. The van der Waals surface area contributed by atoms with Crippen LogP contribution in [-0.2, 0) is 6.61 Å². The first-order chi connectivity index (χ1) is 22.2. The number of carbonyl (C=O) groups is 1. The predicted octanol–water partition coefficient (Wildman–Crippen LogP) is 5.69. The zero-order valence-electron chi connectivity index (χ0n) is 26.6. The first-order valence-electron chi connectivity index (χ1n) is 16.6. The van der Waals surface area contributed by atoms with Gasteiger partial charge < -0.3 is 44.8 Å². The lowest BCUT2D eigenvalue weighted by Gasteiger charge is -2.39. The number of rotatable bonds is 10. The fourth-order valence-corrected chi connectivity index (χ4v) is 6.50. The summed E-state index contributed by atoms with van der Waals surface area (Å²) >= 11 is 0. The molecule has 0 bridgehead atoms. The summed E-state index contributed by atoms with van der Waals surface area (Å²) in [5.41, 5.74) is 7.94. The number of furan rings is 1. The van der Waals surface area contributed by atoms with Crippen LogP contribution in [0, 0.1) is 11.8 Å². The lowest BCUT2D eigenvalue weighted by molar-refractivity contribution is -0.0252. The first kappa shape index (κ1) is 32.4. The molecule has 6 N–H and O–H groups in total. The van der Waals surface area contributed by atoms with Gasteiger partial charge in [0.1, 0.15) is 29.4 Å². The van der Waals surface area contributed by atoms with Crippen molar-refractivity contribution in [1.29, 1.82) is 0 Å². The van der Waals surface area contributed by atoms with Crippen LogP contribution >= 0.6 is 0 Å². The van der Waals surface area contributed by atoms with Crippen LogP contribution in [0.4, 0.5) is 0 Å². The molecule has 7 rings (SSSR count). The Hall–Kier alpha value is -3.57. The fraction of sp³-hybridized carbons (Fsp3) is 0.528. The van der Waals surface area contributed by atoms with Gasteiger partial charge in [0, 0.05) is 53.6 Å². The SMILES string of the molecule is C[C@H]1CN(CCC2(O)CCC(N)CC2)CC[C@@H]1O.O=C(O)c1cc2c(OCc3coc4cc(OCC5CC5)ccc34)cccc2[nH]1. The van der Waals surface area contributed by atoms with Crippen LogP contribution in [0.5, 0.6) is 11.5 Å². The zero-order chi connectivity index (χ0) is 32.3. The number of nitrogens with two attached hydrogens (primary N) is 1. The highest BCUT2D eigenvalue weighted by atomic mass is 16.5. The van der Waals surface area contributed by atoms with E-state index in [1.54, 1.807) is 12.3 Å². The van der Waals surface area contributed by atoms with Crippen LogP contribution in [0.25, 0.3) is 21.9 Å². The minimum absolute atomic E-state index is 0.138. The summed E-state index contributed by atoms with van der Waals surface area (Å²) < 4.78 is 17.5. The third-order valence-corrected chi connectivity index (χ3v) is 9.85. The maximum absolute atomic E-state index is 11.2. The maximum Gasteiger partial charge on any atom is 0.352 e. The van der Waals surface area contributed by atoms with E-state index in [1.165, 1.54) is 12.8 Å². The second-order valence-electron chi connectivity index (χ2n) is 13.6. The van der Waals surface area contributed by atoms with Crippen molar-refractivity contribution in [1.82, 2.24) is 9.88 Å². The number of aromatic amines is 1. The highest BCUT2D eigenvalue weighted by Gasteiger charge is 2.33. The van der Waals surface area contributed by atoms with Gasteiger partial charge in [0.05, 0.1) is 24.6 Å². The lowest BCUT2D eigenvalue weighted by atomic mass is 9.80. The highest BCUT2D eigenvalue weighted by molar-refractivity contribution is 5.96.